The number of likely N-dealkylation sites (N-methyl/N-ethyl adjacent to an activating group) is 1. The molecule has 1 aliphatic rings. The molecule has 3 rings (SSSR count). The molecule has 0 radical (unpaired) electrons. The first-order valence-electron chi connectivity index (χ1n) is 7.75. The highest BCUT2D eigenvalue weighted by atomic mass is 16.5. The van der Waals surface area contributed by atoms with Gasteiger partial charge in [0.25, 0.3) is 5.91 Å². The summed E-state index contributed by atoms with van der Waals surface area (Å²) >= 11 is 0. The molecular formula is C17H20N2O4. The highest BCUT2D eigenvalue weighted by molar-refractivity contribution is 5.79. The second-order valence-electron chi connectivity index (χ2n) is 5.78. The van der Waals surface area contributed by atoms with E-state index in [2.05, 4.69) is 11.9 Å². The molecule has 1 saturated heterocycles. The SMILES string of the molecule is CN1CCCN(C(=O)COc2ccc3ccc(=O)oc3c2)CC1. The van der Waals surface area contributed by atoms with Crippen molar-refractivity contribution in [3.8, 4) is 5.75 Å². The van der Waals surface area contributed by atoms with Crippen LogP contribution in [0, 0.1) is 0 Å². The van der Waals surface area contributed by atoms with Crippen molar-refractivity contribution in [1.82, 2.24) is 9.80 Å². The Hall–Kier alpha value is -2.34. The van der Waals surface area contributed by atoms with Crippen molar-refractivity contribution in [3.63, 3.8) is 0 Å². The molecule has 0 spiro atoms. The van der Waals surface area contributed by atoms with Crippen molar-refractivity contribution in [2.75, 3.05) is 39.8 Å². The largest absolute Gasteiger partial charge is 0.484 e. The first kappa shape index (κ1) is 15.6. The average Bonchev–Trinajstić information content (AvgIpc) is 2.77. The van der Waals surface area contributed by atoms with Crippen LogP contribution >= 0.6 is 0 Å². The van der Waals surface area contributed by atoms with Gasteiger partial charge in [0.2, 0.25) is 0 Å². The number of carbonyl (C=O) groups excluding carboxylic acids is 1. The Morgan fingerprint density at radius 2 is 2.00 bits per heavy atom. The topological polar surface area (TPSA) is 63.0 Å². The van der Waals surface area contributed by atoms with E-state index in [9.17, 15) is 9.59 Å². The number of benzene rings is 1. The van der Waals surface area contributed by atoms with Crippen LogP contribution < -0.4 is 10.4 Å². The molecule has 0 aliphatic carbocycles. The van der Waals surface area contributed by atoms with Gasteiger partial charge in [-0.3, -0.25) is 4.79 Å². The molecule has 1 aromatic carbocycles. The van der Waals surface area contributed by atoms with Crippen LogP contribution in [-0.2, 0) is 4.79 Å². The Balaban J connectivity index is 1.63. The van der Waals surface area contributed by atoms with Crippen LogP contribution in [0.15, 0.2) is 39.5 Å². The minimum atomic E-state index is -0.403. The van der Waals surface area contributed by atoms with Gasteiger partial charge in [-0.15, -0.1) is 0 Å². The van der Waals surface area contributed by atoms with Gasteiger partial charge in [0.15, 0.2) is 6.61 Å². The smallest absolute Gasteiger partial charge is 0.336 e. The Labute approximate surface area is 134 Å². The summed E-state index contributed by atoms with van der Waals surface area (Å²) in [5, 5.41) is 0.818. The number of fused-ring (bicyclic) bond motifs is 1. The Morgan fingerprint density at radius 3 is 2.87 bits per heavy atom. The summed E-state index contributed by atoms with van der Waals surface area (Å²) in [7, 11) is 2.06. The molecule has 2 aromatic rings. The minimum absolute atomic E-state index is 0.00765. The Bertz CT molecular complexity index is 756. The van der Waals surface area contributed by atoms with Gasteiger partial charge in [0.05, 0.1) is 0 Å². The molecule has 0 bridgehead atoms. The van der Waals surface area contributed by atoms with E-state index in [1.165, 1.54) is 6.07 Å². The van der Waals surface area contributed by atoms with Gasteiger partial charge in [-0.25, -0.2) is 4.79 Å². The second-order valence-corrected chi connectivity index (χ2v) is 5.78. The average molecular weight is 316 g/mol. The van der Waals surface area contributed by atoms with Gasteiger partial charge >= 0.3 is 5.63 Å². The van der Waals surface area contributed by atoms with E-state index in [0.717, 1.165) is 38.0 Å². The third kappa shape index (κ3) is 3.90. The molecule has 0 saturated carbocycles. The van der Waals surface area contributed by atoms with Gasteiger partial charge in [-0.1, -0.05) is 0 Å². The van der Waals surface area contributed by atoms with Gasteiger partial charge < -0.3 is 19.0 Å². The van der Waals surface area contributed by atoms with E-state index in [1.807, 2.05) is 4.90 Å². The van der Waals surface area contributed by atoms with Crippen molar-refractivity contribution in [2.45, 2.75) is 6.42 Å². The van der Waals surface area contributed by atoms with Crippen molar-refractivity contribution in [3.05, 3.63) is 40.8 Å². The zero-order chi connectivity index (χ0) is 16.2. The molecule has 122 valence electrons. The summed E-state index contributed by atoms with van der Waals surface area (Å²) in [6.07, 6.45) is 0.976. The van der Waals surface area contributed by atoms with E-state index in [1.54, 1.807) is 24.3 Å². The van der Waals surface area contributed by atoms with Crippen LogP contribution in [0.25, 0.3) is 11.0 Å². The molecule has 1 aliphatic heterocycles. The number of hydrogen-bond acceptors (Lipinski definition) is 5. The van der Waals surface area contributed by atoms with E-state index >= 15 is 0 Å². The number of carbonyl (C=O) groups is 1. The lowest BCUT2D eigenvalue weighted by molar-refractivity contribution is -0.133. The number of hydrogen-bond donors (Lipinski definition) is 0. The summed E-state index contributed by atoms with van der Waals surface area (Å²) in [4.78, 5) is 27.6. The quantitative estimate of drug-likeness (QED) is 0.800. The summed E-state index contributed by atoms with van der Waals surface area (Å²) in [6.45, 7) is 3.37. The number of nitrogens with zero attached hydrogens (tertiary/aromatic N) is 2. The van der Waals surface area contributed by atoms with Crippen LogP contribution in [0.4, 0.5) is 0 Å². The second kappa shape index (κ2) is 6.83. The monoisotopic (exact) mass is 316 g/mol. The molecule has 6 heteroatoms. The molecule has 0 atom stereocenters. The summed E-state index contributed by atoms with van der Waals surface area (Å²) in [5.74, 6) is 0.502. The predicted octanol–water partition coefficient (Wildman–Crippen LogP) is 1.34. The number of amides is 1. The van der Waals surface area contributed by atoms with Gasteiger partial charge in [-0.2, -0.15) is 0 Å². The summed E-state index contributed by atoms with van der Waals surface area (Å²) < 4.78 is 10.7. The number of rotatable bonds is 3. The molecule has 1 aromatic heterocycles. The maximum Gasteiger partial charge on any atom is 0.336 e. The summed E-state index contributed by atoms with van der Waals surface area (Å²) in [6, 6.07) is 8.29. The van der Waals surface area contributed by atoms with Crippen LogP contribution in [-0.4, -0.2) is 55.5 Å². The van der Waals surface area contributed by atoms with Gasteiger partial charge in [-0.05, 0) is 38.2 Å². The molecular weight excluding hydrogens is 296 g/mol. The molecule has 2 heterocycles. The van der Waals surface area contributed by atoms with E-state index < -0.39 is 5.63 Å². The third-order valence-electron chi connectivity index (χ3n) is 4.03. The highest BCUT2D eigenvalue weighted by Gasteiger charge is 2.17. The fourth-order valence-corrected chi connectivity index (χ4v) is 2.66. The Morgan fingerprint density at radius 1 is 1.17 bits per heavy atom. The molecule has 1 fully saturated rings. The maximum atomic E-state index is 12.3. The molecule has 0 unspecified atom stereocenters. The van der Waals surface area contributed by atoms with Crippen LogP contribution in [0.1, 0.15) is 6.42 Å². The van der Waals surface area contributed by atoms with Gasteiger partial charge in [0.1, 0.15) is 11.3 Å². The van der Waals surface area contributed by atoms with Crippen molar-refractivity contribution in [1.29, 1.82) is 0 Å². The van der Waals surface area contributed by atoms with Crippen molar-refractivity contribution >= 4 is 16.9 Å². The lowest BCUT2D eigenvalue weighted by Crippen LogP contribution is -2.37. The number of ether oxygens (including phenoxy) is 1. The zero-order valence-electron chi connectivity index (χ0n) is 13.2. The van der Waals surface area contributed by atoms with Crippen LogP contribution in [0.2, 0.25) is 0 Å². The first-order chi connectivity index (χ1) is 11.1. The first-order valence-corrected chi connectivity index (χ1v) is 7.75. The van der Waals surface area contributed by atoms with E-state index in [0.29, 0.717) is 11.3 Å². The standard InChI is InChI=1S/C17H20N2O4/c1-18-7-2-8-19(10-9-18)16(20)12-22-14-5-3-13-4-6-17(21)23-15(13)11-14/h3-6,11H,2,7-10,12H2,1H3. The maximum absolute atomic E-state index is 12.3. The van der Waals surface area contributed by atoms with Gasteiger partial charge in [0, 0.05) is 37.2 Å². The fraction of sp³-hybridized carbons (Fsp3) is 0.412. The lowest BCUT2D eigenvalue weighted by Gasteiger charge is -2.20. The Kier molecular flexibility index (Phi) is 4.62. The van der Waals surface area contributed by atoms with E-state index in [-0.39, 0.29) is 12.5 Å². The van der Waals surface area contributed by atoms with Crippen molar-refractivity contribution in [2.24, 2.45) is 0 Å². The summed E-state index contributed by atoms with van der Waals surface area (Å²) in [5.41, 5.74) is 0.0539. The highest BCUT2D eigenvalue weighted by Crippen LogP contribution is 2.19. The molecule has 6 nitrogen and oxygen atoms in total. The van der Waals surface area contributed by atoms with Crippen molar-refractivity contribution < 1.29 is 13.9 Å². The van der Waals surface area contributed by atoms with Crippen LogP contribution in [0.3, 0.4) is 0 Å². The minimum Gasteiger partial charge on any atom is -0.484 e. The molecule has 0 N–H and O–H groups in total. The third-order valence-corrected chi connectivity index (χ3v) is 4.03. The molecule has 1 amide bonds. The molecule has 23 heavy (non-hydrogen) atoms. The van der Waals surface area contributed by atoms with Crippen LogP contribution in [0.5, 0.6) is 5.75 Å². The fourth-order valence-electron chi connectivity index (χ4n) is 2.66. The van der Waals surface area contributed by atoms with E-state index in [4.69, 9.17) is 9.15 Å². The normalized spacial score (nSPS) is 16.3. The predicted molar refractivity (Wildman–Crippen MR) is 86.7 cm³/mol. The lowest BCUT2D eigenvalue weighted by atomic mass is 10.2. The zero-order valence-corrected chi connectivity index (χ0v) is 13.2.